The van der Waals surface area contributed by atoms with Crippen molar-refractivity contribution in [1.29, 1.82) is 0 Å². The number of hydrazine groups is 1. The van der Waals surface area contributed by atoms with Gasteiger partial charge in [-0.05, 0) is 45.6 Å². The Balaban J connectivity index is 2.73. The number of hydrogen-bond donors (Lipinski definition) is 1. The van der Waals surface area contributed by atoms with Crippen LogP contribution in [0.2, 0.25) is 0 Å². The third kappa shape index (κ3) is 4.82. The van der Waals surface area contributed by atoms with E-state index in [-0.39, 0.29) is 0 Å². The number of allylic oxidation sites excluding steroid dienone is 5. The predicted octanol–water partition coefficient (Wildman–Crippen LogP) is 4.65. The summed E-state index contributed by atoms with van der Waals surface area (Å²) >= 11 is 0. The Kier molecular flexibility index (Phi) is 6.34. The summed E-state index contributed by atoms with van der Waals surface area (Å²) in [6.07, 6.45) is 14.2. The highest BCUT2D eigenvalue weighted by Gasteiger charge is 2.09. The fourth-order valence-corrected chi connectivity index (χ4v) is 1.97. The lowest BCUT2D eigenvalue weighted by atomic mass is 10.0. The normalized spacial score (nSPS) is 15.8. The van der Waals surface area contributed by atoms with Crippen LogP contribution in [0.25, 0.3) is 0 Å². The van der Waals surface area contributed by atoms with E-state index in [2.05, 4.69) is 56.1 Å². The minimum atomic E-state index is 1.08. The molecular formula is C16H26N2. The first-order valence-corrected chi connectivity index (χ1v) is 6.87. The Morgan fingerprint density at radius 1 is 1.44 bits per heavy atom. The van der Waals surface area contributed by atoms with E-state index in [0.717, 1.165) is 19.3 Å². The number of nitrogens with one attached hydrogen (secondary N) is 1. The fourth-order valence-electron chi connectivity index (χ4n) is 1.97. The van der Waals surface area contributed by atoms with Crippen molar-refractivity contribution in [2.45, 2.75) is 52.9 Å². The van der Waals surface area contributed by atoms with Crippen LogP contribution in [-0.4, -0.2) is 5.01 Å². The largest absolute Gasteiger partial charge is 0.303 e. The molecule has 100 valence electrons. The minimum Gasteiger partial charge on any atom is -0.303 e. The lowest BCUT2D eigenvalue weighted by Gasteiger charge is -2.26. The van der Waals surface area contributed by atoms with E-state index >= 15 is 0 Å². The summed E-state index contributed by atoms with van der Waals surface area (Å²) in [4.78, 5) is 0. The highest BCUT2D eigenvalue weighted by atomic mass is 15.5. The van der Waals surface area contributed by atoms with Gasteiger partial charge in [-0.25, -0.2) is 0 Å². The molecule has 1 aliphatic carbocycles. The Hall–Kier alpha value is -1.44. The van der Waals surface area contributed by atoms with Gasteiger partial charge >= 0.3 is 0 Å². The van der Waals surface area contributed by atoms with Crippen molar-refractivity contribution < 1.29 is 0 Å². The van der Waals surface area contributed by atoms with Gasteiger partial charge < -0.3 is 5.43 Å². The van der Waals surface area contributed by atoms with E-state index in [1.54, 1.807) is 6.20 Å². The molecule has 0 saturated heterocycles. The van der Waals surface area contributed by atoms with Gasteiger partial charge in [-0.2, -0.15) is 0 Å². The molecule has 0 atom stereocenters. The second-order valence-corrected chi connectivity index (χ2v) is 4.95. The quantitative estimate of drug-likeness (QED) is 0.657. The van der Waals surface area contributed by atoms with E-state index < -0.39 is 0 Å². The molecule has 0 aromatic carbocycles. The van der Waals surface area contributed by atoms with Crippen molar-refractivity contribution in [3.63, 3.8) is 0 Å². The molecular weight excluding hydrogens is 220 g/mol. The number of unbranched alkanes of at least 4 members (excludes halogenated alkanes) is 1. The number of nitrogens with zero attached hydrogens (tertiary/aromatic N) is 1. The molecule has 1 N–H and O–H groups in total. The highest BCUT2D eigenvalue weighted by molar-refractivity contribution is 5.23. The van der Waals surface area contributed by atoms with Gasteiger partial charge in [0.05, 0.1) is 0 Å². The maximum atomic E-state index is 3.76. The molecule has 0 amide bonds. The topological polar surface area (TPSA) is 15.3 Å². The first-order chi connectivity index (χ1) is 8.67. The molecule has 2 heteroatoms. The first-order valence-electron chi connectivity index (χ1n) is 6.87. The van der Waals surface area contributed by atoms with E-state index in [1.807, 2.05) is 0 Å². The summed E-state index contributed by atoms with van der Waals surface area (Å²) < 4.78 is 0. The summed E-state index contributed by atoms with van der Waals surface area (Å²) in [5.41, 5.74) is 7.35. The zero-order valence-electron chi connectivity index (χ0n) is 12.0. The SMILES string of the molecule is C=CNN(/C=C(\C)CCCC)C1=CC=C(C)CC1. The smallest absolute Gasteiger partial charge is 0.0400 e. The number of hydrogen-bond acceptors (Lipinski definition) is 2. The lowest BCUT2D eigenvalue weighted by Crippen LogP contribution is -2.29. The van der Waals surface area contributed by atoms with E-state index in [1.165, 1.54) is 29.7 Å². The summed E-state index contributed by atoms with van der Waals surface area (Å²) in [7, 11) is 0. The standard InChI is InChI=1S/C16H26N2/c1-5-7-8-15(4)13-18(17-6-2)16-11-9-14(3)10-12-16/h6,9,11,13,17H,2,5,7-8,10,12H2,1,3-4H3/b15-13+. The molecule has 1 rings (SSSR count). The summed E-state index contributed by atoms with van der Waals surface area (Å²) in [5, 5.41) is 2.10. The van der Waals surface area contributed by atoms with Crippen LogP contribution in [0.4, 0.5) is 0 Å². The van der Waals surface area contributed by atoms with Crippen molar-refractivity contribution in [2.24, 2.45) is 0 Å². The summed E-state index contributed by atoms with van der Waals surface area (Å²) in [5.74, 6) is 0. The van der Waals surface area contributed by atoms with Gasteiger partial charge in [0.2, 0.25) is 0 Å². The molecule has 18 heavy (non-hydrogen) atoms. The van der Waals surface area contributed by atoms with Gasteiger partial charge in [-0.1, -0.05) is 37.1 Å². The van der Waals surface area contributed by atoms with Gasteiger partial charge in [0.15, 0.2) is 0 Å². The van der Waals surface area contributed by atoms with Crippen LogP contribution in [0, 0.1) is 0 Å². The third-order valence-electron chi connectivity index (χ3n) is 3.15. The van der Waals surface area contributed by atoms with Gasteiger partial charge in [-0.15, -0.1) is 0 Å². The van der Waals surface area contributed by atoms with E-state index in [9.17, 15) is 0 Å². The Morgan fingerprint density at radius 2 is 2.22 bits per heavy atom. The maximum Gasteiger partial charge on any atom is 0.0400 e. The zero-order valence-corrected chi connectivity index (χ0v) is 12.0. The van der Waals surface area contributed by atoms with Crippen LogP contribution < -0.4 is 5.43 Å². The fraction of sp³-hybridized carbons (Fsp3) is 0.500. The second kappa shape index (κ2) is 7.80. The van der Waals surface area contributed by atoms with Crippen molar-refractivity contribution in [3.8, 4) is 0 Å². The molecule has 0 bridgehead atoms. The van der Waals surface area contributed by atoms with Crippen LogP contribution in [0.5, 0.6) is 0 Å². The van der Waals surface area contributed by atoms with Crippen molar-refractivity contribution in [2.75, 3.05) is 0 Å². The monoisotopic (exact) mass is 246 g/mol. The molecule has 0 saturated carbocycles. The summed E-state index contributed by atoms with van der Waals surface area (Å²) in [6.45, 7) is 10.4. The second-order valence-electron chi connectivity index (χ2n) is 4.95. The van der Waals surface area contributed by atoms with Gasteiger partial charge in [0, 0.05) is 18.1 Å². The van der Waals surface area contributed by atoms with Crippen molar-refractivity contribution in [3.05, 3.63) is 48.0 Å². The molecule has 0 fully saturated rings. The Bertz CT molecular complexity index is 361. The Morgan fingerprint density at radius 3 is 2.78 bits per heavy atom. The van der Waals surface area contributed by atoms with Crippen LogP contribution in [0.1, 0.15) is 52.9 Å². The summed E-state index contributed by atoms with van der Waals surface area (Å²) in [6, 6.07) is 0. The molecule has 0 spiro atoms. The van der Waals surface area contributed by atoms with Gasteiger partial charge in [-0.3, -0.25) is 5.01 Å². The lowest BCUT2D eigenvalue weighted by molar-refractivity contribution is 0.375. The average molecular weight is 246 g/mol. The van der Waals surface area contributed by atoms with Crippen molar-refractivity contribution >= 4 is 0 Å². The molecule has 0 unspecified atom stereocenters. The molecule has 2 nitrogen and oxygen atoms in total. The molecule has 0 radical (unpaired) electrons. The van der Waals surface area contributed by atoms with E-state index in [0.29, 0.717) is 0 Å². The molecule has 0 aromatic heterocycles. The maximum absolute atomic E-state index is 3.76. The van der Waals surface area contributed by atoms with Crippen molar-refractivity contribution in [1.82, 2.24) is 10.4 Å². The first kappa shape index (κ1) is 14.6. The molecule has 0 aromatic rings. The van der Waals surface area contributed by atoms with Gasteiger partial charge in [0.25, 0.3) is 0 Å². The number of rotatable bonds is 7. The zero-order chi connectivity index (χ0) is 13.4. The van der Waals surface area contributed by atoms with Crippen LogP contribution in [-0.2, 0) is 0 Å². The molecule has 0 aliphatic heterocycles. The van der Waals surface area contributed by atoms with Gasteiger partial charge in [0.1, 0.15) is 0 Å². The van der Waals surface area contributed by atoms with Crippen LogP contribution >= 0.6 is 0 Å². The van der Waals surface area contributed by atoms with Crippen LogP contribution in [0.15, 0.2) is 48.0 Å². The predicted molar refractivity (Wildman–Crippen MR) is 79.5 cm³/mol. The molecule has 0 heterocycles. The van der Waals surface area contributed by atoms with E-state index in [4.69, 9.17) is 0 Å². The Labute approximate surface area is 112 Å². The minimum absolute atomic E-state index is 1.08. The third-order valence-corrected chi connectivity index (χ3v) is 3.15. The highest BCUT2D eigenvalue weighted by Crippen LogP contribution is 2.21. The average Bonchev–Trinajstić information content (AvgIpc) is 2.37. The van der Waals surface area contributed by atoms with Crippen LogP contribution in [0.3, 0.4) is 0 Å². The molecule has 1 aliphatic rings.